The summed E-state index contributed by atoms with van der Waals surface area (Å²) >= 11 is 0. The van der Waals surface area contributed by atoms with E-state index in [1.54, 1.807) is 17.0 Å². The Morgan fingerprint density at radius 1 is 1.48 bits per heavy atom. The number of hydrogen-bond acceptors (Lipinski definition) is 5. The Kier molecular flexibility index (Phi) is 4.32. The number of carbonyl (C=O) groups is 1. The van der Waals surface area contributed by atoms with Crippen molar-refractivity contribution in [1.29, 1.82) is 5.26 Å². The van der Waals surface area contributed by atoms with Crippen molar-refractivity contribution in [2.24, 2.45) is 5.92 Å². The third-order valence-corrected chi connectivity index (χ3v) is 2.95. The Labute approximate surface area is 124 Å². The predicted octanol–water partition coefficient (Wildman–Crippen LogP) is 2.20. The molecule has 0 radical (unpaired) electrons. The number of aromatic nitrogens is 1. The van der Waals surface area contributed by atoms with Gasteiger partial charge in [-0.3, -0.25) is 0 Å². The molecule has 1 aliphatic rings. The van der Waals surface area contributed by atoms with Crippen LogP contribution in [0.5, 0.6) is 5.75 Å². The van der Waals surface area contributed by atoms with Gasteiger partial charge in [-0.05, 0) is 32.9 Å². The molecule has 0 aliphatic carbocycles. The highest BCUT2D eigenvalue weighted by Crippen LogP contribution is 2.20. The molecule has 0 atom stereocenters. The van der Waals surface area contributed by atoms with E-state index in [9.17, 15) is 4.79 Å². The average Bonchev–Trinajstić information content (AvgIpc) is 2.35. The summed E-state index contributed by atoms with van der Waals surface area (Å²) in [6.07, 6.45) is 1.25. The molecule has 1 fully saturated rings. The fraction of sp³-hybridized carbons (Fsp3) is 0.533. The minimum absolute atomic E-state index is 0.279. The predicted molar refractivity (Wildman–Crippen MR) is 75.7 cm³/mol. The minimum Gasteiger partial charge on any atom is -0.492 e. The van der Waals surface area contributed by atoms with Crippen LogP contribution in [0.15, 0.2) is 18.3 Å². The van der Waals surface area contributed by atoms with Gasteiger partial charge in [-0.25, -0.2) is 9.78 Å². The Hall–Kier alpha value is -2.29. The first kappa shape index (κ1) is 15.1. The van der Waals surface area contributed by atoms with Crippen molar-refractivity contribution < 1.29 is 14.3 Å². The summed E-state index contributed by atoms with van der Waals surface area (Å²) in [5, 5.41) is 8.65. The molecule has 0 unspecified atom stereocenters. The van der Waals surface area contributed by atoms with Gasteiger partial charge < -0.3 is 14.4 Å². The lowest BCUT2D eigenvalue weighted by Gasteiger charge is -2.39. The van der Waals surface area contributed by atoms with Crippen LogP contribution in [0.1, 0.15) is 26.5 Å². The quantitative estimate of drug-likeness (QED) is 0.852. The summed E-state index contributed by atoms with van der Waals surface area (Å²) in [5.74, 6) is 0.929. The molecular weight excluding hydrogens is 270 g/mol. The first-order chi connectivity index (χ1) is 9.87. The second-order valence-electron chi connectivity index (χ2n) is 6.05. The first-order valence-corrected chi connectivity index (χ1v) is 6.84. The van der Waals surface area contributed by atoms with Crippen LogP contribution in [-0.4, -0.2) is 41.3 Å². The Morgan fingerprint density at radius 2 is 2.19 bits per heavy atom. The number of nitriles is 1. The lowest BCUT2D eigenvalue weighted by Crippen LogP contribution is -2.53. The van der Waals surface area contributed by atoms with E-state index in [1.807, 2.05) is 26.8 Å². The Bertz CT molecular complexity index is 537. The SMILES string of the molecule is CC(C)(C)OC(=O)N1CC(COc2ccc(C#N)nc2)C1. The molecule has 112 valence electrons. The summed E-state index contributed by atoms with van der Waals surface area (Å²) in [6.45, 7) is 7.35. The molecule has 6 heteroatoms. The van der Waals surface area contributed by atoms with Crippen LogP contribution in [0.4, 0.5) is 4.79 Å². The van der Waals surface area contributed by atoms with Gasteiger partial charge in [0.15, 0.2) is 0 Å². The largest absolute Gasteiger partial charge is 0.492 e. The van der Waals surface area contributed by atoms with Crippen molar-refractivity contribution in [3.8, 4) is 11.8 Å². The van der Waals surface area contributed by atoms with Gasteiger partial charge in [-0.2, -0.15) is 5.26 Å². The topological polar surface area (TPSA) is 75.4 Å². The maximum absolute atomic E-state index is 11.8. The lowest BCUT2D eigenvalue weighted by atomic mass is 10.0. The third kappa shape index (κ3) is 4.35. The van der Waals surface area contributed by atoms with Crippen molar-refractivity contribution in [2.75, 3.05) is 19.7 Å². The van der Waals surface area contributed by atoms with Gasteiger partial charge in [0.2, 0.25) is 0 Å². The normalized spacial score (nSPS) is 15.0. The summed E-state index contributed by atoms with van der Waals surface area (Å²) < 4.78 is 10.9. The van der Waals surface area contributed by atoms with Crippen LogP contribution in [0, 0.1) is 17.2 Å². The van der Waals surface area contributed by atoms with Crippen molar-refractivity contribution in [3.63, 3.8) is 0 Å². The Balaban J connectivity index is 1.71. The van der Waals surface area contributed by atoms with Gasteiger partial charge in [0, 0.05) is 19.0 Å². The molecule has 6 nitrogen and oxygen atoms in total. The standard InChI is InChI=1S/C15H19N3O3/c1-15(2,3)21-14(19)18-8-11(9-18)10-20-13-5-4-12(6-16)17-7-13/h4-5,7,11H,8-10H2,1-3H3. The van der Waals surface area contributed by atoms with Crippen LogP contribution >= 0.6 is 0 Å². The zero-order valence-corrected chi connectivity index (χ0v) is 12.5. The fourth-order valence-corrected chi connectivity index (χ4v) is 1.90. The molecule has 1 aliphatic heterocycles. The van der Waals surface area contributed by atoms with Gasteiger partial charge in [0.05, 0.1) is 12.8 Å². The van der Waals surface area contributed by atoms with E-state index in [0.717, 1.165) is 0 Å². The highest BCUT2D eigenvalue weighted by Gasteiger charge is 2.33. The first-order valence-electron chi connectivity index (χ1n) is 6.84. The molecule has 2 heterocycles. The van der Waals surface area contributed by atoms with Crippen molar-refractivity contribution in [1.82, 2.24) is 9.88 Å². The molecule has 1 saturated heterocycles. The molecule has 2 rings (SSSR count). The zero-order valence-electron chi connectivity index (χ0n) is 12.5. The van der Waals surface area contributed by atoms with E-state index in [4.69, 9.17) is 14.7 Å². The van der Waals surface area contributed by atoms with Crippen LogP contribution in [-0.2, 0) is 4.74 Å². The second-order valence-corrected chi connectivity index (χ2v) is 6.05. The van der Waals surface area contributed by atoms with Crippen LogP contribution in [0.25, 0.3) is 0 Å². The summed E-state index contributed by atoms with van der Waals surface area (Å²) in [7, 11) is 0. The monoisotopic (exact) mass is 289 g/mol. The van der Waals surface area contributed by atoms with Crippen LogP contribution in [0.2, 0.25) is 0 Å². The van der Waals surface area contributed by atoms with Gasteiger partial charge in [0.1, 0.15) is 23.1 Å². The molecule has 1 aromatic rings. The third-order valence-electron chi connectivity index (χ3n) is 2.95. The maximum atomic E-state index is 11.8. The van der Waals surface area contributed by atoms with E-state index in [-0.39, 0.29) is 6.09 Å². The summed E-state index contributed by atoms with van der Waals surface area (Å²) in [6, 6.07) is 5.29. The highest BCUT2D eigenvalue weighted by molar-refractivity contribution is 5.69. The van der Waals surface area contributed by atoms with Crippen molar-refractivity contribution in [2.45, 2.75) is 26.4 Å². The van der Waals surface area contributed by atoms with E-state index < -0.39 is 5.60 Å². The highest BCUT2D eigenvalue weighted by atomic mass is 16.6. The number of ether oxygens (including phenoxy) is 2. The van der Waals surface area contributed by atoms with Gasteiger partial charge in [-0.1, -0.05) is 0 Å². The van der Waals surface area contributed by atoms with Gasteiger partial charge in [0.25, 0.3) is 0 Å². The average molecular weight is 289 g/mol. The van der Waals surface area contributed by atoms with Gasteiger partial charge >= 0.3 is 6.09 Å². The number of amides is 1. The zero-order chi connectivity index (χ0) is 15.5. The number of hydrogen-bond donors (Lipinski definition) is 0. The number of carbonyl (C=O) groups excluding carboxylic acids is 1. The number of likely N-dealkylation sites (tertiary alicyclic amines) is 1. The van der Waals surface area contributed by atoms with Crippen LogP contribution < -0.4 is 4.74 Å². The van der Waals surface area contributed by atoms with Gasteiger partial charge in [-0.15, -0.1) is 0 Å². The number of nitrogens with zero attached hydrogens (tertiary/aromatic N) is 3. The fourth-order valence-electron chi connectivity index (χ4n) is 1.90. The number of rotatable bonds is 3. The van der Waals surface area contributed by atoms with Crippen molar-refractivity contribution >= 4 is 6.09 Å². The molecule has 0 aromatic carbocycles. The van der Waals surface area contributed by atoms with E-state index in [0.29, 0.717) is 37.1 Å². The molecule has 0 saturated carbocycles. The molecule has 0 N–H and O–H groups in total. The maximum Gasteiger partial charge on any atom is 0.410 e. The molecule has 0 bridgehead atoms. The van der Waals surface area contributed by atoms with E-state index in [2.05, 4.69) is 4.98 Å². The number of pyridine rings is 1. The Morgan fingerprint density at radius 3 is 2.71 bits per heavy atom. The molecular formula is C15H19N3O3. The van der Waals surface area contributed by atoms with Crippen molar-refractivity contribution in [3.05, 3.63) is 24.0 Å². The molecule has 1 amide bonds. The smallest absolute Gasteiger partial charge is 0.410 e. The molecule has 21 heavy (non-hydrogen) atoms. The van der Waals surface area contributed by atoms with Crippen LogP contribution in [0.3, 0.4) is 0 Å². The second kappa shape index (κ2) is 6.00. The summed E-state index contributed by atoms with van der Waals surface area (Å²) in [5.41, 5.74) is -0.102. The molecule has 1 aromatic heterocycles. The summed E-state index contributed by atoms with van der Waals surface area (Å²) in [4.78, 5) is 17.3. The van der Waals surface area contributed by atoms with E-state index in [1.165, 1.54) is 6.20 Å². The molecule has 0 spiro atoms. The minimum atomic E-state index is -0.465. The van der Waals surface area contributed by atoms with E-state index >= 15 is 0 Å². The lowest BCUT2D eigenvalue weighted by molar-refractivity contribution is -0.00783.